The quantitative estimate of drug-likeness (QED) is 0.729. The van der Waals surface area contributed by atoms with Crippen molar-refractivity contribution >= 4 is 17.7 Å². The zero-order chi connectivity index (χ0) is 19.6. The molecular formula is C20H20ClN5O2. The highest BCUT2D eigenvalue weighted by Gasteiger charge is 2.42. The van der Waals surface area contributed by atoms with Crippen LogP contribution in [0.5, 0.6) is 0 Å². The lowest BCUT2D eigenvalue weighted by Crippen LogP contribution is -2.45. The molecular weight excluding hydrogens is 378 g/mol. The third-order valence-electron chi connectivity index (χ3n) is 5.33. The number of tetrazole rings is 1. The first-order chi connectivity index (χ1) is 13.6. The van der Waals surface area contributed by atoms with Crippen molar-refractivity contribution < 1.29 is 9.90 Å². The molecule has 1 aromatic heterocycles. The van der Waals surface area contributed by atoms with E-state index in [0.29, 0.717) is 43.3 Å². The molecule has 7 nitrogen and oxygen atoms in total. The highest BCUT2D eigenvalue weighted by molar-refractivity contribution is 6.30. The Morgan fingerprint density at radius 1 is 1.07 bits per heavy atom. The highest BCUT2D eigenvalue weighted by atomic mass is 35.5. The van der Waals surface area contributed by atoms with Crippen LogP contribution in [0.15, 0.2) is 54.6 Å². The zero-order valence-electron chi connectivity index (χ0n) is 15.2. The molecule has 3 aromatic rings. The molecule has 4 rings (SSSR count). The molecule has 0 spiro atoms. The third kappa shape index (κ3) is 3.57. The monoisotopic (exact) mass is 397 g/mol. The second kappa shape index (κ2) is 7.59. The fourth-order valence-corrected chi connectivity index (χ4v) is 3.86. The minimum absolute atomic E-state index is 0.439. The van der Waals surface area contributed by atoms with Crippen LogP contribution in [0.2, 0.25) is 5.02 Å². The van der Waals surface area contributed by atoms with Gasteiger partial charge in [-0.15, -0.1) is 10.2 Å². The van der Waals surface area contributed by atoms with Crippen LogP contribution in [0.25, 0.3) is 0 Å². The van der Waals surface area contributed by atoms with E-state index in [-0.39, 0.29) is 0 Å². The van der Waals surface area contributed by atoms with E-state index in [4.69, 9.17) is 11.6 Å². The predicted octanol–water partition coefficient (Wildman–Crippen LogP) is 3.43. The fraction of sp³-hybridized carbons (Fsp3) is 0.300. The smallest absolute Gasteiger partial charge is 0.407 e. The Morgan fingerprint density at radius 3 is 2.39 bits per heavy atom. The predicted molar refractivity (Wildman–Crippen MR) is 104 cm³/mol. The Kier molecular flexibility index (Phi) is 5.00. The van der Waals surface area contributed by atoms with Crippen molar-refractivity contribution in [1.82, 2.24) is 25.1 Å². The molecule has 0 atom stereocenters. The number of carboxylic acid groups (broad SMARTS) is 1. The summed E-state index contributed by atoms with van der Waals surface area (Å²) in [5.41, 5.74) is 1.68. The van der Waals surface area contributed by atoms with E-state index in [1.54, 1.807) is 4.80 Å². The number of carbonyl (C=O) groups is 1. The van der Waals surface area contributed by atoms with Crippen LogP contribution in [0.1, 0.15) is 29.8 Å². The number of halogens is 1. The molecule has 1 aliphatic heterocycles. The van der Waals surface area contributed by atoms with Gasteiger partial charge in [0.15, 0.2) is 5.82 Å². The second-order valence-corrected chi connectivity index (χ2v) is 7.42. The molecule has 144 valence electrons. The topological polar surface area (TPSA) is 84.1 Å². The summed E-state index contributed by atoms with van der Waals surface area (Å²) >= 11 is 5.94. The lowest BCUT2D eigenvalue weighted by molar-refractivity contribution is 0.121. The van der Waals surface area contributed by atoms with Gasteiger partial charge in [-0.2, -0.15) is 4.80 Å². The molecule has 0 unspecified atom stereocenters. The molecule has 1 saturated heterocycles. The normalized spacial score (nSPS) is 16.1. The second-order valence-electron chi connectivity index (χ2n) is 6.99. The van der Waals surface area contributed by atoms with E-state index in [1.807, 2.05) is 42.5 Å². The fourth-order valence-electron chi connectivity index (χ4n) is 3.73. The lowest BCUT2D eigenvalue weighted by atomic mass is 9.72. The van der Waals surface area contributed by atoms with Gasteiger partial charge < -0.3 is 10.0 Å². The van der Waals surface area contributed by atoms with Crippen molar-refractivity contribution in [2.75, 3.05) is 13.1 Å². The Morgan fingerprint density at radius 2 is 1.75 bits per heavy atom. The van der Waals surface area contributed by atoms with Gasteiger partial charge in [-0.3, -0.25) is 0 Å². The number of rotatable bonds is 4. The molecule has 1 fully saturated rings. The van der Waals surface area contributed by atoms with Gasteiger partial charge in [0.2, 0.25) is 0 Å². The Bertz CT molecular complexity index is 950. The van der Waals surface area contributed by atoms with Gasteiger partial charge in [-0.25, -0.2) is 4.79 Å². The highest BCUT2D eigenvalue weighted by Crippen LogP contribution is 2.39. The Hall–Kier alpha value is -2.93. The summed E-state index contributed by atoms with van der Waals surface area (Å²) < 4.78 is 0. The largest absolute Gasteiger partial charge is 0.465 e. The van der Waals surface area contributed by atoms with Crippen LogP contribution in [0.4, 0.5) is 4.79 Å². The average Bonchev–Trinajstić information content (AvgIpc) is 3.19. The summed E-state index contributed by atoms with van der Waals surface area (Å²) in [6.45, 7) is 1.38. The number of aromatic nitrogens is 4. The minimum Gasteiger partial charge on any atom is -0.465 e. The number of hydrogen-bond acceptors (Lipinski definition) is 4. The molecule has 0 saturated carbocycles. The first-order valence-electron chi connectivity index (χ1n) is 9.13. The van der Waals surface area contributed by atoms with Gasteiger partial charge in [0.25, 0.3) is 0 Å². The van der Waals surface area contributed by atoms with Crippen molar-refractivity contribution in [3.63, 3.8) is 0 Å². The van der Waals surface area contributed by atoms with Crippen LogP contribution in [-0.4, -0.2) is 49.4 Å². The van der Waals surface area contributed by atoms with E-state index >= 15 is 0 Å². The number of amides is 1. The van der Waals surface area contributed by atoms with E-state index in [2.05, 4.69) is 27.5 Å². The Balaban J connectivity index is 1.63. The maximum Gasteiger partial charge on any atom is 0.407 e. The van der Waals surface area contributed by atoms with Gasteiger partial charge in [0.05, 0.1) is 12.0 Å². The number of piperidine rings is 1. The number of nitrogens with zero attached hydrogens (tertiary/aromatic N) is 5. The van der Waals surface area contributed by atoms with Crippen LogP contribution in [0.3, 0.4) is 0 Å². The maximum absolute atomic E-state index is 11.3. The molecule has 2 heterocycles. The number of benzene rings is 2. The summed E-state index contributed by atoms with van der Waals surface area (Å²) in [6.07, 6.45) is 0.354. The van der Waals surface area contributed by atoms with Crippen molar-refractivity contribution in [1.29, 1.82) is 0 Å². The molecule has 28 heavy (non-hydrogen) atoms. The van der Waals surface area contributed by atoms with E-state index in [0.717, 1.165) is 11.1 Å². The van der Waals surface area contributed by atoms with Crippen molar-refractivity contribution in [3.8, 4) is 0 Å². The minimum atomic E-state index is -0.888. The standard InChI is InChI=1S/C20H20ClN5O2/c21-17-8-6-15(7-9-17)14-26-23-18(22-24-26)20(16-4-2-1-3-5-16)10-12-25(13-11-20)19(27)28/h1-9H,10-14H2,(H,27,28). The summed E-state index contributed by atoms with van der Waals surface area (Å²) in [4.78, 5) is 14.4. The molecule has 2 aromatic carbocycles. The van der Waals surface area contributed by atoms with E-state index in [1.165, 1.54) is 4.90 Å². The van der Waals surface area contributed by atoms with Gasteiger partial charge in [0.1, 0.15) is 0 Å². The molecule has 0 radical (unpaired) electrons. The molecule has 1 N–H and O–H groups in total. The average molecular weight is 398 g/mol. The number of likely N-dealkylation sites (tertiary alicyclic amines) is 1. The lowest BCUT2D eigenvalue weighted by Gasteiger charge is -2.39. The van der Waals surface area contributed by atoms with Crippen molar-refractivity contribution in [3.05, 3.63) is 76.6 Å². The van der Waals surface area contributed by atoms with Crippen LogP contribution in [-0.2, 0) is 12.0 Å². The zero-order valence-corrected chi connectivity index (χ0v) is 16.0. The van der Waals surface area contributed by atoms with Crippen LogP contribution < -0.4 is 0 Å². The first kappa shape index (κ1) is 18.4. The van der Waals surface area contributed by atoms with Crippen molar-refractivity contribution in [2.24, 2.45) is 0 Å². The molecule has 1 amide bonds. The van der Waals surface area contributed by atoms with Crippen LogP contribution >= 0.6 is 11.6 Å². The maximum atomic E-state index is 11.3. The molecule has 1 aliphatic rings. The van der Waals surface area contributed by atoms with E-state index < -0.39 is 11.5 Å². The first-order valence-corrected chi connectivity index (χ1v) is 9.51. The summed E-state index contributed by atoms with van der Waals surface area (Å²) in [5.74, 6) is 0.637. The number of hydrogen-bond donors (Lipinski definition) is 1. The molecule has 0 aliphatic carbocycles. The van der Waals surface area contributed by atoms with Crippen LogP contribution in [0, 0.1) is 0 Å². The van der Waals surface area contributed by atoms with Gasteiger partial charge in [0, 0.05) is 18.1 Å². The van der Waals surface area contributed by atoms with Gasteiger partial charge in [-0.05, 0) is 41.3 Å². The third-order valence-corrected chi connectivity index (χ3v) is 5.58. The Labute approximate surface area is 167 Å². The van der Waals surface area contributed by atoms with Crippen molar-refractivity contribution in [2.45, 2.75) is 24.8 Å². The van der Waals surface area contributed by atoms with E-state index in [9.17, 15) is 9.90 Å². The molecule has 8 heteroatoms. The van der Waals surface area contributed by atoms with Gasteiger partial charge in [-0.1, -0.05) is 54.1 Å². The van der Waals surface area contributed by atoms with Gasteiger partial charge >= 0.3 is 6.09 Å². The summed E-state index contributed by atoms with van der Waals surface area (Å²) in [7, 11) is 0. The summed E-state index contributed by atoms with van der Waals surface area (Å²) in [6, 6.07) is 17.6. The summed E-state index contributed by atoms with van der Waals surface area (Å²) in [5, 5.41) is 23.3. The SMILES string of the molecule is O=C(O)N1CCC(c2ccccc2)(c2nnn(Cc3ccc(Cl)cc3)n2)CC1. The molecule has 0 bridgehead atoms.